The topological polar surface area (TPSA) is 70.1 Å². The van der Waals surface area contributed by atoms with Crippen LogP contribution in [0.15, 0.2) is 30.6 Å². The second-order valence-corrected chi connectivity index (χ2v) is 5.41. The van der Waals surface area contributed by atoms with Gasteiger partial charge in [0, 0.05) is 30.3 Å². The van der Waals surface area contributed by atoms with Crippen LogP contribution < -0.4 is 5.73 Å². The lowest BCUT2D eigenvalue weighted by atomic mass is 10.1. The molecule has 2 heterocycles. The molecule has 0 radical (unpaired) electrons. The summed E-state index contributed by atoms with van der Waals surface area (Å²) in [6, 6.07) is 5.45. The summed E-state index contributed by atoms with van der Waals surface area (Å²) in [6.07, 6.45) is 4.12. The molecule has 5 nitrogen and oxygen atoms in total. The Bertz CT molecular complexity index is 635. The second-order valence-electron chi connectivity index (χ2n) is 5.41. The summed E-state index contributed by atoms with van der Waals surface area (Å²) in [7, 11) is 0. The van der Waals surface area contributed by atoms with Gasteiger partial charge in [-0.1, -0.05) is 6.07 Å². The van der Waals surface area contributed by atoms with E-state index < -0.39 is 6.04 Å². The van der Waals surface area contributed by atoms with E-state index in [2.05, 4.69) is 35.5 Å². The summed E-state index contributed by atoms with van der Waals surface area (Å²) in [5.41, 5.74) is 10.4. The lowest BCUT2D eigenvalue weighted by Gasteiger charge is -2.12. The highest BCUT2D eigenvalue weighted by molar-refractivity contribution is 5.75. The third kappa shape index (κ3) is 3.74. The van der Waals surface area contributed by atoms with Crippen molar-refractivity contribution >= 4 is 5.97 Å². The number of rotatable bonds is 6. The van der Waals surface area contributed by atoms with Crippen LogP contribution in [0, 0.1) is 13.8 Å². The largest absolute Gasteiger partial charge is 0.465 e. The fraction of sp³-hybridized carbons (Fsp3) is 0.412. The number of aromatic nitrogens is 2. The first-order valence-electron chi connectivity index (χ1n) is 7.49. The minimum absolute atomic E-state index is 0.348. The van der Waals surface area contributed by atoms with Crippen molar-refractivity contribution in [3.8, 4) is 0 Å². The maximum atomic E-state index is 11.7. The molecule has 0 aliphatic rings. The zero-order valence-electron chi connectivity index (χ0n) is 13.4. The molecular formula is C17H23N3O2. The third-order valence-electron chi connectivity index (χ3n) is 3.77. The number of carbonyl (C=O) groups is 1. The molecule has 0 aliphatic carbocycles. The van der Waals surface area contributed by atoms with Crippen molar-refractivity contribution in [2.75, 3.05) is 6.61 Å². The highest BCUT2D eigenvalue weighted by Gasteiger charge is 2.18. The smallest absolute Gasteiger partial charge is 0.323 e. The molecule has 0 spiro atoms. The molecule has 0 amide bonds. The fourth-order valence-electron chi connectivity index (χ4n) is 2.57. The van der Waals surface area contributed by atoms with Crippen molar-refractivity contribution in [3.05, 3.63) is 53.1 Å². The Labute approximate surface area is 131 Å². The third-order valence-corrected chi connectivity index (χ3v) is 3.77. The molecule has 1 atom stereocenters. The molecule has 2 aromatic heterocycles. The van der Waals surface area contributed by atoms with E-state index in [1.165, 1.54) is 0 Å². The van der Waals surface area contributed by atoms with Crippen LogP contribution in [0.3, 0.4) is 0 Å². The summed E-state index contributed by atoms with van der Waals surface area (Å²) in [6.45, 7) is 7.01. The highest BCUT2D eigenvalue weighted by Crippen LogP contribution is 2.18. The van der Waals surface area contributed by atoms with Crippen molar-refractivity contribution in [3.63, 3.8) is 0 Å². The average molecular weight is 301 g/mol. The van der Waals surface area contributed by atoms with E-state index in [9.17, 15) is 4.79 Å². The van der Waals surface area contributed by atoms with Gasteiger partial charge in [0.05, 0.1) is 6.61 Å². The predicted molar refractivity (Wildman–Crippen MR) is 85.6 cm³/mol. The monoisotopic (exact) mass is 301 g/mol. The van der Waals surface area contributed by atoms with Gasteiger partial charge in [0.2, 0.25) is 0 Å². The molecular weight excluding hydrogens is 278 g/mol. The molecule has 5 heteroatoms. The minimum atomic E-state index is -0.618. The standard InChI is InChI=1S/C17H23N3O2/c1-4-22-17(21)16(18)9-15-8-12(2)20(13(15)3)11-14-6-5-7-19-10-14/h5-8,10,16H,4,9,11,18H2,1-3H3. The number of pyridine rings is 1. The van der Waals surface area contributed by atoms with Gasteiger partial charge in [-0.2, -0.15) is 0 Å². The summed E-state index contributed by atoms with van der Waals surface area (Å²) >= 11 is 0. The molecule has 118 valence electrons. The van der Waals surface area contributed by atoms with Gasteiger partial charge in [0.15, 0.2) is 0 Å². The number of nitrogens with zero attached hydrogens (tertiary/aromatic N) is 2. The van der Waals surface area contributed by atoms with Crippen molar-refractivity contribution in [2.45, 2.75) is 39.8 Å². The zero-order chi connectivity index (χ0) is 16.1. The molecule has 2 N–H and O–H groups in total. The van der Waals surface area contributed by atoms with E-state index in [-0.39, 0.29) is 5.97 Å². The Kier molecular flexibility index (Phi) is 5.33. The molecule has 22 heavy (non-hydrogen) atoms. The minimum Gasteiger partial charge on any atom is -0.465 e. The molecule has 0 aliphatic heterocycles. The van der Waals surface area contributed by atoms with Crippen molar-refractivity contribution < 1.29 is 9.53 Å². The Hall–Kier alpha value is -2.14. The maximum Gasteiger partial charge on any atom is 0.323 e. The van der Waals surface area contributed by atoms with Crippen LogP contribution in [0.2, 0.25) is 0 Å². The van der Waals surface area contributed by atoms with E-state index in [0.29, 0.717) is 13.0 Å². The number of nitrogens with two attached hydrogens (primary N) is 1. The molecule has 1 unspecified atom stereocenters. The number of aryl methyl sites for hydroxylation is 1. The van der Waals surface area contributed by atoms with Crippen molar-refractivity contribution in [2.24, 2.45) is 5.73 Å². The maximum absolute atomic E-state index is 11.7. The van der Waals surface area contributed by atoms with E-state index in [4.69, 9.17) is 10.5 Å². The Morgan fingerprint density at radius 2 is 2.23 bits per heavy atom. The number of esters is 1. The number of ether oxygens (including phenoxy) is 1. The normalized spacial score (nSPS) is 12.2. The van der Waals surface area contributed by atoms with Crippen LogP contribution >= 0.6 is 0 Å². The van der Waals surface area contributed by atoms with Gasteiger partial charge in [-0.15, -0.1) is 0 Å². The molecule has 2 aromatic rings. The van der Waals surface area contributed by atoms with E-state index in [1.807, 2.05) is 12.3 Å². The lowest BCUT2D eigenvalue weighted by Crippen LogP contribution is -2.34. The summed E-state index contributed by atoms with van der Waals surface area (Å²) in [4.78, 5) is 15.8. The fourth-order valence-corrected chi connectivity index (χ4v) is 2.57. The van der Waals surface area contributed by atoms with Gasteiger partial charge >= 0.3 is 5.97 Å². The Morgan fingerprint density at radius 1 is 1.45 bits per heavy atom. The van der Waals surface area contributed by atoms with Crippen LogP contribution in [0.25, 0.3) is 0 Å². The molecule has 2 rings (SSSR count). The first-order chi connectivity index (χ1) is 10.5. The first kappa shape index (κ1) is 16.2. The van der Waals surface area contributed by atoms with Crippen molar-refractivity contribution in [1.29, 1.82) is 0 Å². The van der Waals surface area contributed by atoms with Crippen LogP contribution in [0.4, 0.5) is 0 Å². The van der Waals surface area contributed by atoms with Crippen LogP contribution in [0.5, 0.6) is 0 Å². The van der Waals surface area contributed by atoms with E-state index in [0.717, 1.165) is 29.1 Å². The van der Waals surface area contributed by atoms with E-state index in [1.54, 1.807) is 13.1 Å². The molecule has 0 saturated heterocycles. The van der Waals surface area contributed by atoms with Crippen LogP contribution in [0.1, 0.15) is 29.4 Å². The Balaban J connectivity index is 2.15. The number of hydrogen-bond donors (Lipinski definition) is 1. The predicted octanol–water partition coefficient (Wildman–Crippen LogP) is 1.98. The number of carbonyl (C=O) groups excluding carboxylic acids is 1. The summed E-state index contributed by atoms with van der Waals surface area (Å²) < 4.78 is 7.18. The SMILES string of the molecule is CCOC(=O)C(N)Cc1cc(C)n(Cc2cccnc2)c1C. The van der Waals surface area contributed by atoms with Crippen LogP contribution in [-0.4, -0.2) is 28.2 Å². The molecule has 0 fully saturated rings. The molecule has 0 bridgehead atoms. The first-order valence-corrected chi connectivity index (χ1v) is 7.49. The molecule has 0 saturated carbocycles. The summed E-state index contributed by atoms with van der Waals surface area (Å²) in [5.74, 6) is -0.348. The lowest BCUT2D eigenvalue weighted by molar-refractivity contribution is -0.144. The van der Waals surface area contributed by atoms with E-state index >= 15 is 0 Å². The molecule has 0 aromatic carbocycles. The van der Waals surface area contributed by atoms with Gasteiger partial charge < -0.3 is 15.0 Å². The van der Waals surface area contributed by atoms with Gasteiger partial charge in [-0.25, -0.2) is 0 Å². The second kappa shape index (κ2) is 7.22. The Morgan fingerprint density at radius 3 is 2.86 bits per heavy atom. The average Bonchev–Trinajstić information content (AvgIpc) is 2.76. The van der Waals surface area contributed by atoms with Crippen LogP contribution in [-0.2, 0) is 22.5 Å². The van der Waals surface area contributed by atoms with Crippen molar-refractivity contribution in [1.82, 2.24) is 9.55 Å². The highest BCUT2D eigenvalue weighted by atomic mass is 16.5. The van der Waals surface area contributed by atoms with Gasteiger partial charge in [0.1, 0.15) is 6.04 Å². The van der Waals surface area contributed by atoms with Gasteiger partial charge in [-0.3, -0.25) is 9.78 Å². The number of hydrogen-bond acceptors (Lipinski definition) is 4. The quantitative estimate of drug-likeness (QED) is 0.828. The van der Waals surface area contributed by atoms with Gasteiger partial charge in [-0.05, 0) is 50.5 Å². The zero-order valence-corrected chi connectivity index (χ0v) is 13.4. The summed E-state index contributed by atoms with van der Waals surface area (Å²) in [5, 5.41) is 0. The van der Waals surface area contributed by atoms with Gasteiger partial charge in [0.25, 0.3) is 0 Å².